The van der Waals surface area contributed by atoms with Crippen molar-refractivity contribution in [2.75, 3.05) is 11.1 Å². The Labute approximate surface area is 153 Å². The Morgan fingerprint density at radius 1 is 1.36 bits per heavy atom. The predicted octanol–water partition coefficient (Wildman–Crippen LogP) is 3.65. The fraction of sp³-hybridized carbons (Fsp3) is 0.250. The van der Waals surface area contributed by atoms with Gasteiger partial charge in [-0.05, 0) is 31.5 Å². The number of halogens is 1. The third-order valence-corrected chi connectivity index (χ3v) is 4.76. The summed E-state index contributed by atoms with van der Waals surface area (Å²) in [4.78, 5) is 11.9. The quantitative estimate of drug-likeness (QED) is 0.660. The number of hydrogen-bond donors (Lipinski definition) is 1. The van der Waals surface area contributed by atoms with E-state index in [0.29, 0.717) is 33.9 Å². The first-order valence-electron chi connectivity index (χ1n) is 7.55. The van der Waals surface area contributed by atoms with E-state index in [1.54, 1.807) is 19.3 Å². The second-order valence-corrected chi connectivity index (χ2v) is 6.86. The summed E-state index contributed by atoms with van der Waals surface area (Å²) in [5.41, 5.74) is 1.89. The van der Waals surface area contributed by atoms with Crippen molar-refractivity contribution in [2.45, 2.75) is 25.4 Å². The standard InChI is InChI=1S/C16H16ClN5O2S/c1-10-3-4-12(8-13(10)17)22-9-18-20-16(22)25-6-5-15(23)19-14-7-11(2)24-21-14/h3-4,7-9H,5-6H2,1-2H3,(H,19,21,23). The Balaban J connectivity index is 1.58. The molecule has 0 aliphatic carbocycles. The number of thioether (sulfide) groups is 1. The van der Waals surface area contributed by atoms with Crippen molar-refractivity contribution in [1.29, 1.82) is 0 Å². The molecule has 1 N–H and O–H groups in total. The van der Waals surface area contributed by atoms with Crippen molar-refractivity contribution < 1.29 is 9.32 Å². The highest BCUT2D eigenvalue weighted by Gasteiger charge is 2.11. The summed E-state index contributed by atoms with van der Waals surface area (Å²) in [6.45, 7) is 3.71. The molecule has 130 valence electrons. The van der Waals surface area contributed by atoms with Crippen LogP contribution in [0.5, 0.6) is 0 Å². The van der Waals surface area contributed by atoms with Crippen molar-refractivity contribution in [3.8, 4) is 5.69 Å². The number of aryl methyl sites for hydroxylation is 2. The SMILES string of the molecule is Cc1cc(NC(=O)CCSc2nncn2-c2ccc(C)c(Cl)c2)no1. The van der Waals surface area contributed by atoms with Gasteiger partial charge in [-0.3, -0.25) is 9.36 Å². The van der Waals surface area contributed by atoms with Crippen LogP contribution >= 0.6 is 23.4 Å². The summed E-state index contributed by atoms with van der Waals surface area (Å²) < 4.78 is 6.75. The molecule has 0 aliphatic heterocycles. The molecule has 9 heteroatoms. The first-order chi connectivity index (χ1) is 12.0. The number of anilines is 1. The summed E-state index contributed by atoms with van der Waals surface area (Å²) in [6.07, 6.45) is 1.94. The summed E-state index contributed by atoms with van der Waals surface area (Å²) in [5.74, 6) is 1.49. The highest BCUT2D eigenvalue weighted by Crippen LogP contribution is 2.24. The lowest BCUT2D eigenvalue weighted by atomic mass is 10.2. The number of amides is 1. The lowest BCUT2D eigenvalue weighted by Crippen LogP contribution is -2.12. The van der Waals surface area contributed by atoms with Gasteiger partial charge < -0.3 is 9.84 Å². The minimum Gasteiger partial charge on any atom is -0.360 e. The summed E-state index contributed by atoms with van der Waals surface area (Å²) >= 11 is 7.62. The number of carbonyl (C=O) groups is 1. The topological polar surface area (TPSA) is 85.8 Å². The zero-order valence-corrected chi connectivity index (χ0v) is 15.3. The molecule has 0 saturated carbocycles. The maximum absolute atomic E-state index is 11.9. The third kappa shape index (κ3) is 4.40. The maximum Gasteiger partial charge on any atom is 0.226 e. The third-order valence-electron chi connectivity index (χ3n) is 3.41. The molecule has 0 bridgehead atoms. The van der Waals surface area contributed by atoms with E-state index in [2.05, 4.69) is 20.7 Å². The van der Waals surface area contributed by atoms with Gasteiger partial charge in [0.05, 0.1) is 5.69 Å². The van der Waals surface area contributed by atoms with Crippen LogP contribution in [-0.4, -0.2) is 31.6 Å². The Morgan fingerprint density at radius 2 is 2.20 bits per heavy atom. The lowest BCUT2D eigenvalue weighted by molar-refractivity contribution is -0.115. The molecule has 2 aromatic heterocycles. The lowest BCUT2D eigenvalue weighted by Gasteiger charge is -2.07. The van der Waals surface area contributed by atoms with Crippen LogP contribution in [0.4, 0.5) is 5.82 Å². The van der Waals surface area contributed by atoms with Gasteiger partial charge in [-0.2, -0.15) is 0 Å². The highest BCUT2D eigenvalue weighted by molar-refractivity contribution is 7.99. The molecule has 2 heterocycles. The Bertz CT molecular complexity index is 892. The van der Waals surface area contributed by atoms with E-state index in [1.165, 1.54) is 11.8 Å². The summed E-state index contributed by atoms with van der Waals surface area (Å²) in [7, 11) is 0. The van der Waals surface area contributed by atoms with Crippen molar-refractivity contribution in [3.63, 3.8) is 0 Å². The molecular formula is C16H16ClN5O2S. The van der Waals surface area contributed by atoms with Gasteiger partial charge in [0, 0.05) is 23.3 Å². The average Bonchev–Trinajstić information content (AvgIpc) is 3.19. The molecule has 7 nitrogen and oxygen atoms in total. The number of aromatic nitrogens is 4. The second kappa shape index (κ2) is 7.71. The Kier molecular flexibility index (Phi) is 5.40. The van der Waals surface area contributed by atoms with E-state index < -0.39 is 0 Å². The normalized spacial score (nSPS) is 10.8. The largest absolute Gasteiger partial charge is 0.360 e. The number of nitrogens with one attached hydrogen (secondary N) is 1. The van der Waals surface area contributed by atoms with Crippen LogP contribution in [0.15, 0.2) is 40.3 Å². The fourth-order valence-corrected chi connectivity index (χ4v) is 3.14. The van der Waals surface area contributed by atoms with Gasteiger partial charge in [-0.15, -0.1) is 10.2 Å². The molecule has 3 rings (SSSR count). The fourth-order valence-electron chi connectivity index (χ4n) is 2.10. The van der Waals surface area contributed by atoms with Crippen LogP contribution in [0.2, 0.25) is 5.02 Å². The first kappa shape index (κ1) is 17.5. The molecule has 0 aliphatic rings. The van der Waals surface area contributed by atoms with Crippen molar-refractivity contribution in [3.05, 3.63) is 46.9 Å². The number of rotatable bonds is 6. The smallest absolute Gasteiger partial charge is 0.226 e. The number of benzene rings is 1. The van der Waals surface area contributed by atoms with Crippen LogP contribution in [0.3, 0.4) is 0 Å². The van der Waals surface area contributed by atoms with E-state index in [1.807, 2.05) is 29.7 Å². The molecule has 0 radical (unpaired) electrons. The monoisotopic (exact) mass is 377 g/mol. The van der Waals surface area contributed by atoms with Crippen molar-refractivity contribution in [2.24, 2.45) is 0 Å². The van der Waals surface area contributed by atoms with Gasteiger partial charge >= 0.3 is 0 Å². The molecule has 1 aromatic carbocycles. The first-order valence-corrected chi connectivity index (χ1v) is 8.92. The minimum atomic E-state index is -0.134. The predicted molar refractivity (Wildman–Crippen MR) is 96.3 cm³/mol. The molecule has 0 fully saturated rings. The van der Waals surface area contributed by atoms with Gasteiger partial charge in [0.2, 0.25) is 5.91 Å². The van der Waals surface area contributed by atoms with Crippen molar-refractivity contribution >= 4 is 35.1 Å². The molecule has 0 saturated heterocycles. The molecule has 25 heavy (non-hydrogen) atoms. The summed E-state index contributed by atoms with van der Waals surface area (Å²) in [6, 6.07) is 7.43. The molecule has 0 spiro atoms. The van der Waals surface area contributed by atoms with E-state index in [-0.39, 0.29) is 5.91 Å². The van der Waals surface area contributed by atoms with Crippen molar-refractivity contribution in [1.82, 2.24) is 19.9 Å². The van der Waals surface area contributed by atoms with Crippen LogP contribution in [0.1, 0.15) is 17.7 Å². The number of carbonyl (C=O) groups excluding carboxylic acids is 1. The van der Waals surface area contributed by atoms with Gasteiger partial charge in [-0.1, -0.05) is 34.6 Å². The number of nitrogens with zero attached hydrogens (tertiary/aromatic N) is 4. The second-order valence-electron chi connectivity index (χ2n) is 5.39. The van der Waals surface area contributed by atoms with Crippen LogP contribution in [-0.2, 0) is 4.79 Å². The summed E-state index contributed by atoms with van der Waals surface area (Å²) in [5, 5.41) is 15.8. The van der Waals surface area contributed by atoms with Crippen LogP contribution in [0.25, 0.3) is 5.69 Å². The zero-order valence-electron chi connectivity index (χ0n) is 13.7. The van der Waals surface area contributed by atoms with E-state index in [4.69, 9.17) is 16.1 Å². The molecule has 3 aromatic rings. The number of hydrogen-bond acceptors (Lipinski definition) is 6. The van der Waals surface area contributed by atoms with Crippen LogP contribution < -0.4 is 5.32 Å². The van der Waals surface area contributed by atoms with E-state index in [0.717, 1.165) is 11.3 Å². The molecule has 1 amide bonds. The van der Waals surface area contributed by atoms with Gasteiger partial charge in [0.15, 0.2) is 11.0 Å². The average molecular weight is 378 g/mol. The van der Waals surface area contributed by atoms with E-state index >= 15 is 0 Å². The maximum atomic E-state index is 11.9. The van der Waals surface area contributed by atoms with Gasteiger partial charge in [0.25, 0.3) is 0 Å². The highest BCUT2D eigenvalue weighted by atomic mass is 35.5. The van der Waals surface area contributed by atoms with E-state index in [9.17, 15) is 4.79 Å². The minimum absolute atomic E-state index is 0.134. The Morgan fingerprint density at radius 3 is 2.92 bits per heavy atom. The van der Waals surface area contributed by atoms with Gasteiger partial charge in [0.1, 0.15) is 12.1 Å². The Hall–Kier alpha value is -2.32. The van der Waals surface area contributed by atoms with Crippen LogP contribution in [0, 0.1) is 13.8 Å². The molecule has 0 unspecified atom stereocenters. The van der Waals surface area contributed by atoms with Gasteiger partial charge in [-0.25, -0.2) is 0 Å². The zero-order chi connectivity index (χ0) is 17.8. The molecule has 0 atom stereocenters. The molecular weight excluding hydrogens is 362 g/mol.